The molecule has 0 aromatic heterocycles. The summed E-state index contributed by atoms with van der Waals surface area (Å²) in [5.41, 5.74) is 7.36. The molecule has 2 amide bonds. The van der Waals surface area contributed by atoms with Crippen LogP contribution < -0.4 is 11.1 Å². The van der Waals surface area contributed by atoms with Crippen LogP contribution in [0.2, 0.25) is 0 Å². The molecule has 1 fully saturated rings. The van der Waals surface area contributed by atoms with Crippen LogP contribution >= 0.6 is 0 Å². The maximum absolute atomic E-state index is 12.1. The molecule has 0 saturated carbocycles. The number of anilines is 1. The van der Waals surface area contributed by atoms with E-state index in [9.17, 15) is 4.79 Å². The van der Waals surface area contributed by atoms with E-state index in [2.05, 4.69) is 10.2 Å². The predicted molar refractivity (Wildman–Crippen MR) is 78.5 cm³/mol. The molecule has 0 unspecified atom stereocenters. The van der Waals surface area contributed by atoms with Crippen molar-refractivity contribution in [2.75, 3.05) is 44.6 Å². The van der Waals surface area contributed by atoms with Crippen molar-refractivity contribution in [3.05, 3.63) is 29.8 Å². The zero-order valence-corrected chi connectivity index (χ0v) is 11.6. The largest absolute Gasteiger partial charge is 0.395 e. The van der Waals surface area contributed by atoms with Crippen LogP contribution in [0.1, 0.15) is 5.56 Å². The first-order valence-corrected chi connectivity index (χ1v) is 6.91. The number of piperazine rings is 1. The van der Waals surface area contributed by atoms with Crippen LogP contribution in [0.15, 0.2) is 24.3 Å². The lowest BCUT2D eigenvalue weighted by atomic mass is 10.2. The fourth-order valence-electron chi connectivity index (χ4n) is 2.29. The second kappa shape index (κ2) is 7.23. The summed E-state index contributed by atoms with van der Waals surface area (Å²) in [4.78, 5) is 16.1. The minimum Gasteiger partial charge on any atom is -0.395 e. The Morgan fingerprint density at radius 1 is 1.30 bits per heavy atom. The molecule has 20 heavy (non-hydrogen) atoms. The molecule has 1 heterocycles. The van der Waals surface area contributed by atoms with Gasteiger partial charge in [-0.1, -0.05) is 12.1 Å². The van der Waals surface area contributed by atoms with Crippen molar-refractivity contribution in [3.63, 3.8) is 0 Å². The third-order valence-corrected chi connectivity index (χ3v) is 3.49. The molecule has 0 radical (unpaired) electrons. The summed E-state index contributed by atoms with van der Waals surface area (Å²) in [7, 11) is 0. The van der Waals surface area contributed by atoms with E-state index >= 15 is 0 Å². The SMILES string of the molecule is NCc1cccc(NC(=O)N2CCN(CCO)CC2)c1. The number of rotatable bonds is 4. The molecule has 2 rings (SSSR count). The van der Waals surface area contributed by atoms with Gasteiger partial charge in [0.2, 0.25) is 0 Å². The van der Waals surface area contributed by atoms with E-state index in [0.29, 0.717) is 26.2 Å². The van der Waals surface area contributed by atoms with Crippen molar-refractivity contribution in [1.29, 1.82) is 0 Å². The number of benzene rings is 1. The highest BCUT2D eigenvalue weighted by atomic mass is 16.3. The van der Waals surface area contributed by atoms with Gasteiger partial charge in [-0.05, 0) is 17.7 Å². The number of nitrogens with zero attached hydrogens (tertiary/aromatic N) is 2. The van der Waals surface area contributed by atoms with Gasteiger partial charge in [0.1, 0.15) is 0 Å². The molecule has 1 aliphatic rings. The van der Waals surface area contributed by atoms with E-state index in [1.165, 1.54) is 0 Å². The fraction of sp³-hybridized carbons (Fsp3) is 0.500. The number of carbonyl (C=O) groups excluding carboxylic acids is 1. The Kier molecular flexibility index (Phi) is 5.34. The smallest absolute Gasteiger partial charge is 0.321 e. The first-order chi connectivity index (χ1) is 9.72. The van der Waals surface area contributed by atoms with Crippen LogP contribution in [-0.4, -0.2) is 60.3 Å². The summed E-state index contributed by atoms with van der Waals surface area (Å²) in [5, 5.41) is 11.8. The minimum absolute atomic E-state index is 0.0807. The van der Waals surface area contributed by atoms with E-state index in [1.807, 2.05) is 24.3 Å². The molecule has 110 valence electrons. The van der Waals surface area contributed by atoms with Crippen LogP contribution in [-0.2, 0) is 6.54 Å². The second-order valence-electron chi connectivity index (χ2n) is 4.89. The van der Waals surface area contributed by atoms with E-state index in [4.69, 9.17) is 10.8 Å². The van der Waals surface area contributed by atoms with Gasteiger partial charge in [-0.25, -0.2) is 4.79 Å². The zero-order valence-electron chi connectivity index (χ0n) is 11.6. The highest BCUT2D eigenvalue weighted by molar-refractivity contribution is 5.89. The van der Waals surface area contributed by atoms with Crippen LogP contribution in [0, 0.1) is 0 Å². The molecule has 1 aromatic rings. The van der Waals surface area contributed by atoms with Gasteiger partial charge in [0.15, 0.2) is 0 Å². The minimum atomic E-state index is -0.0807. The van der Waals surface area contributed by atoms with Crippen molar-refractivity contribution >= 4 is 11.7 Å². The summed E-state index contributed by atoms with van der Waals surface area (Å²) in [5.74, 6) is 0. The van der Waals surface area contributed by atoms with Crippen molar-refractivity contribution < 1.29 is 9.90 Å². The molecule has 1 saturated heterocycles. The van der Waals surface area contributed by atoms with Gasteiger partial charge in [-0.15, -0.1) is 0 Å². The molecule has 0 bridgehead atoms. The van der Waals surface area contributed by atoms with Crippen molar-refractivity contribution in [2.45, 2.75) is 6.54 Å². The maximum atomic E-state index is 12.1. The van der Waals surface area contributed by atoms with Gasteiger partial charge in [-0.2, -0.15) is 0 Å². The number of hydrogen-bond donors (Lipinski definition) is 3. The maximum Gasteiger partial charge on any atom is 0.321 e. The summed E-state index contributed by atoms with van der Waals surface area (Å²) >= 11 is 0. The monoisotopic (exact) mass is 278 g/mol. The van der Waals surface area contributed by atoms with Gasteiger partial charge < -0.3 is 21.1 Å². The Morgan fingerprint density at radius 3 is 2.70 bits per heavy atom. The predicted octanol–water partition coefficient (Wildman–Crippen LogP) is 0.287. The van der Waals surface area contributed by atoms with Crippen molar-refractivity contribution in [1.82, 2.24) is 9.80 Å². The first kappa shape index (κ1) is 14.8. The standard InChI is InChI=1S/C14H22N4O2/c15-11-12-2-1-3-13(10-12)16-14(20)18-6-4-17(5-7-18)8-9-19/h1-3,10,19H,4-9,11,15H2,(H,16,20). The number of β-amino-alcohol motifs (C(OH)–C–C–N with tert-alkyl or cyclic N) is 1. The molecule has 1 aromatic carbocycles. The lowest BCUT2D eigenvalue weighted by Crippen LogP contribution is -2.50. The molecule has 6 nitrogen and oxygen atoms in total. The number of nitrogens with one attached hydrogen (secondary N) is 1. The van der Waals surface area contributed by atoms with Gasteiger partial charge >= 0.3 is 6.03 Å². The Labute approximate surface area is 119 Å². The summed E-state index contributed by atoms with van der Waals surface area (Å²) in [6.07, 6.45) is 0. The highest BCUT2D eigenvalue weighted by Gasteiger charge is 2.20. The van der Waals surface area contributed by atoms with E-state index in [0.717, 1.165) is 24.3 Å². The normalized spacial score (nSPS) is 16.2. The van der Waals surface area contributed by atoms with Crippen molar-refractivity contribution in [2.24, 2.45) is 5.73 Å². The number of urea groups is 1. The molecule has 6 heteroatoms. The Morgan fingerprint density at radius 2 is 2.05 bits per heavy atom. The van der Waals surface area contributed by atoms with Gasteiger partial charge in [-0.3, -0.25) is 4.90 Å². The second-order valence-corrected chi connectivity index (χ2v) is 4.89. The molecule has 0 aliphatic carbocycles. The Balaban J connectivity index is 1.86. The third-order valence-electron chi connectivity index (χ3n) is 3.49. The van der Waals surface area contributed by atoms with E-state index in [1.54, 1.807) is 4.90 Å². The molecular formula is C14H22N4O2. The van der Waals surface area contributed by atoms with E-state index in [-0.39, 0.29) is 12.6 Å². The van der Waals surface area contributed by atoms with Crippen LogP contribution in [0.25, 0.3) is 0 Å². The first-order valence-electron chi connectivity index (χ1n) is 6.91. The number of amides is 2. The summed E-state index contributed by atoms with van der Waals surface area (Å²) in [6.45, 7) is 4.27. The lowest BCUT2D eigenvalue weighted by Gasteiger charge is -2.34. The Hall–Kier alpha value is -1.63. The highest BCUT2D eigenvalue weighted by Crippen LogP contribution is 2.12. The summed E-state index contributed by atoms with van der Waals surface area (Å²) in [6, 6.07) is 7.49. The average Bonchev–Trinajstić information content (AvgIpc) is 2.48. The topological polar surface area (TPSA) is 81.8 Å². The quantitative estimate of drug-likeness (QED) is 0.739. The van der Waals surface area contributed by atoms with E-state index < -0.39 is 0 Å². The van der Waals surface area contributed by atoms with Gasteiger partial charge in [0.05, 0.1) is 6.61 Å². The zero-order chi connectivity index (χ0) is 14.4. The average molecular weight is 278 g/mol. The molecule has 1 aliphatic heterocycles. The molecule has 0 spiro atoms. The summed E-state index contributed by atoms with van der Waals surface area (Å²) < 4.78 is 0. The van der Waals surface area contributed by atoms with Gasteiger partial charge in [0, 0.05) is 45.0 Å². The Bertz CT molecular complexity index is 445. The van der Waals surface area contributed by atoms with Crippen LogP contribution in [0.4, 0.5) is 10.5 Å². The molecular weight excluding hydrogens is 256 g/mol. The number of hydrogen-bond acceptors (Lipinski definition) is 4. The molecule has 4 N–H and O–H groups in total. The lowest BCUT2D eigenvalue weighted by molar-refractivity contribution is 0.127. The van der Waals surface area contributed by atoms with Crippen LogP contribution in [0.3, 0.4) is 0 Å². The number of aliphatic hydroxyl groups is 1. The number of nitrogens with two attached hydrogens (primary N) is 1. The van der Waals surface area contributed by atoms with Crippen molar-refractivity contribution in [3.8, 4) is 0 Å². The fourth-order valence-corrected chi connectivity index (χ4v) is 2.29. The third kappa shape index (κ3) is 3.93. The van der Waals surface area contributed by atoms with Gasteiger partial charge in [0.25, 0.3) is 0 Å². The number of aliphatic hydroxyl groups excluding tert-OH is 1. The van der Waals surface area contributed by atoms with Crippen LogP contribution in [0.5, 0.6) is 0 Å². The number of carbonyl (C=O) groups is 1. The molecule has 0 atom stereocenters.